The van der Waals surface area contributed by atoms with Crippen molar-refractivity contribution in [1.82, 2.24) is 10.2 Å². The van der Waals surface area contributed by atoms with Crippen LogP contribution in [0.1, 0.15) is 37.3 Å². The minimum Gasteiger partial charge on any atom is -0.391 e. The lowest BCUT2D eigenvalue weighted by Gasteiger charge is -2.47. The van der Waals surface area contributed by atoms with Crippen molar-refractivity contribution < 1.29 is 19.5 Å². The Morgan fingerprint density at radius 1 is 1.33 bits per heavy atom. The molecule has 0 aromatic heterocycles. The molecule has 1 spiro atoms. The van der Waals surface area contributed by atoms with E-state index in [-0.39, 0.29) is 31.2 Å². The van der Waals surface area contributed by atoms with Gasteiger partial charge in [-0.15, -0.1) is 0 Å². The second-order valence-corrected chi connectivity index (χ2v) is 7.55. The number of hydrogen-bond donors (Lipinski definition) is 4. The molecule has 8 heteroatoms. The number of carbonyl (C=O) groups excluding carboxylic acids is 3. The van der Waals surface area contributed by atoms with Crippen LogP contribution >= 0.6 is 0 Å². The summed E-state index contributed by atoms with van der Waals surface area (Å²) in [5.41, 5.74) is 10.9. The Hall–Kier alpha value is -2.45. The van der Waals surface area contributed by atoms with Crippen LogP contribution in [0.3, 0.4) is 0 Å². The lowest BCUT2D eigenvalue weighted by atomic mass is 9.70. The molecule has 0 aliphatic carbocycles. The molecule has 1 aromatic rings. The maximum atomic E-state index is 13.0. The van der Waals surface area contributed by atoms with E-state index in [9.17, 15) is 19.5 Å². The summed E-state index contributed by atoms with van der Waals surface area (Å²) in [6, 6.07) is 7.86. The molecular formula is C19H26N4O4. The zero-order chi connectivity index (χ0) is 19.6. The summed E-state index contributed by atoms with van der Waals surface area (Å²) in [6.07, 6.45) is 0.511. The maximum Gasteiger partial charge on any atom is 0.240 e. The van der Waals surface area contributed by atoms with Crippen molar-refractivity contribution in [2.24, 2.45) is 16.9 Å². The van der Waals surface area contributed by atoms with Crippen LogP contribution in [-0.4, -0.2) is 53.0 Å². The first kappa shape index (κ1) is 19.3. The smallest absolute Gasteiger partial charge is 0.240 e. The van der Waals surface area contributed by atoms with Gasteiger partial charge in [0.25, 0.3) is 0 Å². The third kappa shape index (κ3) is 3.96. The first-order valence-electron chi connectivity index (χ1n) is 9.19. The molecule has 2 aliphatic rings. The summed E-state index contributed by atoms with van der Waals surface area (Å²) in [5.74, 6) is -1.19. The SMILES string of the molecule is NC(=O)C[C@@H](N)C(=O)N1CCC[C@@]2(C[C@@H](O)[C@H](c3ccccc3)NC2=O)C1. The summed E-state index contributed by atoms with van der Waals surface area (Å²) < 4.78 is 0. The third-order valence-electron chi connectivity index (χ3n) is 5.54. The van der Waals surface area contributed by atoms with Crippen molar-refractivity contribution in [2.75, 3.05) is 13.1 Å². The quantitative estimate of drug-likeness (QED) is 0.558. The zero-order valence-electron chi connectivity index (χ0n) is 15.1. The minimum atomic E-state index is -1.01. The van der Waals surface area contributed by atoms with Crippen LogP contribution in [0.15, 0.2) is 30.3 Å². The highest BCUT2D eigenvalue weighted by Crippen LogP contribution is 2.41. The molecule has 3 amide bonds. The van der Waals surface area contributed by atoms with Gasteiger partial charge >= 0.3 is 0 Å². The molecule has 27 heavy (non-hydrogen) atoms. The molecule has 0 radical (unpaired) electrons. The molecule has 1 aromatic carbocycles. The van der Waals surface area contributed by atoms with E-state index in [0.717, 1.165) is 5.56 Å². The van der Waals surface area contributed by atoms with Gasteiger partial charge in [-0.3, -0.25) is 14.4 Å². The zero-order valence-corrected chi connectivity index (χ0v) is 15.1. The Bertz CT molecular complexity index is 726. The molecule has 2 saturated heterocycles. The van der Waals surface area contributed by atoms with E-state index in [0.29, 0.717) is 19.4 Å². The van der Waals surface area contributed by atoms with Crippen LogP contribution < -0.4 is 16.8 Å². The normalized spacial score (nSPS) is 29.3. The topological polar surface area (TPSA) is 139 Å². The average molecular weight is 374 g/mol. The third-order valence-corrected chi connectivity index (χ3v) is 5.54. The van der Waals surface area contributed by atoms with Crippen LogP contribution in [0.5, 0.6) is 0 Å². The summed E-state index contributed by atoms with van der Waals surface area (Å²) in [6.45, 7) is 0.654. The number of aliphatic hydroxyl groups is 1. The second-order valence-electron chi connectivity index (χ2n) is 7.55. The Kier molecular flexibility index (Phi) is 5.48. The van der Waals surface area contributed by atoms with E-state index in [1.165, 1.54) is 4.90 Å². The summed E-state index contributed by atoms with van der Waals surface area (Å²) in [7, 11) is 0. The van der Waals surface area contributed by atoms with E-state index in [2.05, 4.69) is 5.32 Å². The molecular weight excluding hydrogens is 348 g/mol. The van der Waals surface area contributed by atoms with Gasteiger partial charge in [-0.1, -0.05) is 30.3 Å². The lowest BCUT2D eigenvalue weighted by molar-refractivity contribution is -0.150. The number of amides is 3. The van der Waals surface area contributed by atoms with Crippen molar-refractivity contribution in [2.45, 2.75) is 43.9 Å². The standard InChI is InChI=1S/C19H26N4O4/c20-13(9-15(21)25)17(26)23-8-4-7-19(11-23)10-14(24)16(22-18(19)27)12-5-2-1-3-6-12/h1-3,5-6,13-14,16,24H,4,7-11,20H2,(H2,21,25)(H,22,27)/t13-,14-,16+,19-/m1/s1. The van der Waals surface area contributed by atoms with Crippen LogP contribution in [0.4, 0.5) is 0 Å². The summed E-state index contributed by atoms with van der Waals surface area (Å²) in [4.78, 5) is 38.0. The number of rotatable bonds is 4. The highest BCUT2D eigenvalue weighted by Gasteiger charge is 2.50. The number of nitrogens with one attached hydrogen (secondary N) is 1. The highest BCUT2D eigenvalue weighted by molar-refractivity contribution is 5.89. The van der Waals surface area contributed by atoms with Crippen molar-refractivity contribution in [3.8, 4) is 0 Å². The molecule has 146 valence electrons. The van der Waals surface area contributed by atoms with Crippen molar-refractivity contribution in [1.29, 1.82) is 0 Å². The van der Waals surface area contributed by atoms with Gasteiger partial charge in [-0.25, -0.2) is 0 Å². The van der Waals surface area contributed by atoms with E-state index in [1.807, 2.05) is 30.3 Å². The first-order valence-corrected chi connectivity index (χ1v) is 9.19. The number of nitrogens with zero attached hydrogens (tertiary/aromatic N) is 1. The maximum absolute atomic E-state index is 13.0. The van der Waals surface area contributed by atoms with Gasteiger partial charge in [-0.05, 0) is 24.8 Å². The fourth-order valence-corrected chi connectivity index (χ4v) is 4.18. The van der Waals surface area contributed by atoms with Gasteiger partial charge in [0.1, 0.15) is 0 Å². The molecule has 0 bridgehead atoms. The van der Waals surface area contributed by atoms with E-state index >= 15 is 0 Å². The van der Waals surface area contributed by atoms with Crippen molar-refractivity contribution in [3.63, 3.8) is 0 Å². The predicted molar refractivity (Wildman–Crippen MR) is 98.0 cm³/mol. The van der Waals surface area contributed by atoms with E-state index in [1.54, 1.807) is 0 Å². The molecule has 0 unspecified atom stereocenters. The van der Waals surface area contributed by atoms with Gasteiger partial charge in [0, 0.05) is 13.1 Å². The van der Waals surface area contributed by atoms with Gasteiger partial charge < -0.3 is 26.8 Å². The van der Waals surface area contributed by atoms with E-state index in [4.69, 9.17) is 11.5 Å². The van der Waals surface area contributed by atoms with Gasteiger partial charge in [0.15, 0.2) is 0 Å². The van der Waals surface area contributed by atoms with Crippen LogP contribution in [-0.2, 0) is 14.4 Å². The molecule has 3 rings (SSSR count). The molecule has 2 heterocycles. The van der Waals surface area contributed by atoms with Gasteiger partial charge in [0.05, 0.1) is 30.0 Å². The van der Waals surface area contributed by atoms with Gasteiger partial charge in [0.2, 0.25) is 17.7 Å². The number of likely N-dealkylation sites (tertiary alicyclic amines) is 1. The molecule has 2 fully saturated rings. The monoisotopic (exact) mass is 374 g/mol. The second kappa shape index (κ2) is 7.66. The first-order chi connectivity index (χ1) is 12.8. The van der Waals surface area contributed by atoms with Crippen molar-refractivity contribution in [3.05, 3.63) is 35.9 Å². The number of benzene rings is 1. The average Bonchev–Trinajstić information content (AvgIpc) is 2.64. The lowest BCUT2D eigenvalue weighted by Crippen LogP contribution is -2.61. The number of primary amides is 1. The number of nitrogens with two attached hydrogens (primary N) is 2. The van der Waals surface area contributed by atoms with Gasteiger partial charge in [-0.2, -0.15) is 0 Å². The Morgan fingerprint density at radius 2 is 2.04 bits per heavy atom. The molecule has 4 atom stereocenters. The summed E-state index contributed by atoms with van der Waals surface area (Å²) >= 11 is 0. The van der Waals surface area contributed by atoms with Crippen LogP contribution in [0.25, 0.3) is 0 Å². The molecule has 2 aliphatic heterocycles. The van der Waals surface area contributed by atoms with Crippen LogP contribution in [0.2, 0.25) is 0 Å². The van der Waals surface area contributed by atoms with Crippen LogP contribution in [0, 0.1) is 5.41 Å². The van der Waals surface area contributed by atoms with E-state index < -0.39 is 29.5 Å². The minimum absolute atomic E-state index is 0.164. The summed E-state index contributed by atoms with van der Waals surface area (Å²) in [5, 5.41) is 13.6. The predicted octanol–water partition coefficient (Wildman–Crippen LogP) is -0.580. The molecule has 8 nitrogen and oxygen atoms in total. The fourth-order valence-electron chi connectivity index (χ4n) is 4.18. The Labute approximate surface area is 157 Å². The number of hydrogen-bond acceptors (Lipinski definition) is 5. The molecule has 0 saturated carbocycles. The fraction of sp³-hybridized carbons (Fsp3) is 0.526. The Balaban J connectivity index is 1.73. The number of aliphatic hydroxyl groups excluding tert-OH is 1. The highest BCUT2D eigenvalue weighted by atomic mass is 16.3. The number of piperidine rings is 2. The number of carbonyl (C=O) groups is 3. The largest absolute Gasteiger partial charge is 0.391 e. The Morgan fingerprint density at radius 3 is 2.70 bits per heavy atom. The molecule has 6 N–H and O–H groups in total. The van der Waals surface area contributed by atoms with Crippen molar-refractivity contribution >= 4 is 17.7 Å².